The van der Waals surface area contributed by atoms with E-state index in [1.165, 1.54) is 4.90 Å². The van der Waals surface area contributed by atoms with Crippen LogP contribution in [0.3, 0.4) is 0 Å². The van der Waals surface area contributed by atoms with Gasteiger partial charge in [0.15, 0.2) is 0 Å². The number of ether oxygens (including phenoxy) is 4. The number of hydrogen-bond donors (Lipinski definition) is 1. The summed E-state index contributed by atoms with van der Waals surface area (Å²) in [6.45, 7) is 2.57. The highest BCUT2D eigenvalue weighted by Crippen LogP contribution is 2.28. The Balaban J connectivity index is 1.50. The van der Waals surface area contributed by atoms with Crippen molar-refractivity contribution in [1.82, 2.24) is 10.2 Å². The first-order valence-corrected chi connectivity index (χ1v) is 13.1. The Hall–Kier alpha value is -3.23. The number of nitrogens with one attached hydrogen (secondary N) is 1. The first-order valence-electron chi connectivity index (χ1n) is 13.1. The summed E-state index contributed by atoms with van der Waals surface area (Å²) in [7, 11) is 3.45. The minimum absolute atomic E-state index is 0.0891. The van der Waals surface area contributed by atoms with Crippen molar-refractivity contribution >= 4 is 6.03 Å². The monoisotopic (exact) mass is 518 g/mol. The Morgan fingerprint density at radius 2 is 1.29 bits per heavy atom. The Kier molecular flexibility index (Phi) is 10.7. The number of rotatable bonds is 12. The predicted molar refractivity (Wildman–Crippen MR) is 146 cm³/mol. The molecule has 38 heavy (non-hydrogen) atoms. The van der Waals surface area contributed by atoms with Crippen molar-refractivity contribution in [1.29, 1.82) is 0 Å². The van der Waals surface area contributed by atoms with E-state index in [-0.39, 0.29) is 30.3 Å². The molecule has 4 atom stereocenters. The van der Waals surface area contributed by atoms with Gasteiger partial charge in [0.2, 0.25) is 0 Å². The van der Waals surface area contributed by atoms with Crippen LogP contribution < -0.4 is 5.32 Å². The third-order valence-corrected chi connectivity index (χ3v) is 6.57. The minimum Gasteiger partial charge on any atom is -0.374 e. The molecule has 0 radical (unpaired) electrons. The van der Waals surface area contributed by atoms with Crippen LogP contribution in [-0.4, -0.2) is 63.1 Å². The smallest absolute Gasteiger partial charge is 0.316 e. The molecule has 3 aromatic carbocycles. The SMILES string of the molecule is CN(C)C(=O)NC[C@@H]1CO[C@H](COCc2ccccc2)[C@H](OCc2ccccc2)[C@@H]1OCc1ccccc1. The zero-order valence-electron chi connectivity index (χ0n) is 22.2. The van der Waals surface area contributed by atoms with Gasteiger partial charge < -0.3 is 29.2 Å². The molecule has 1 aliphatic heterocycles. The van der Waals surface area contributed by atoms with Crippen LogP contribution in [-0.2, 0) is 38.8 Å². The molecule has 1 heterocycles. The van der Waals surface area contributed by atoms with Crippen molar-refractivity contribution in [3.05, 3.63) is 108 Å². The molecule has 1 saturated heterocycles. The normalized spacial score (nSPS) is 21.1. The van der Waals surface area contributed by atoms with Crippen molar-refractivity contribution in [3.63, 3.8) is 0 Å². The Morgan fingerprint density at radius 1 is 0.789 bits per heavy atom. The van der Waals surface area contributed by atoms with E-state index in [0.29, 0.717) is 39.6 Å². The highest BCUT2D eigenvalue weighted by molar-refractivity contribution is 5.73. The van der Waals surface area contributed by atoms with Crippen LogP contribution in [0.2, 0.25) is 0 Å². The van der Waals surface area contributed by atoms with Crippen LogP contribution in [0.4, 0.5) is 4.79 Å². The Bertz CT molecular complexity index is 1080. The van der Waals surface area contributed by atoms with Gasteiger partial charge in [-0.3, -0.25) is 0 Å². The number of amides is 2. The van der Waals surface area contributed by atoms with Gasteiger partial charge in [-0.1, -0.05) is 91.0 Å². The van der Waals surface area contributed by atoms with Crippen molar-refractivity contribution in [2.75, 3.05) is 33.9 Å². The van der Waals surface area contributed by atoms with Gasteiger partial charge in [0.25, 0.3) is 0 Å². The molecule has 7 nitrogen and oxygen atoms in total. The first kappa shape index (κ1) is 27.8. The number of carbonyl (C=O) groups excluding carboxylic acids is 1. The van der Waals surface area contributed by atoms with E-state index in [4.69, 9.17) is 18.9 Å². The maximum atomic E-state index is 12.3. The lowest BCUT2D eigenvalue weighted by molar-refractivity contribution is -0.218. The molecule has 0 spiro atoms. The number of urea groups is 1. The van der Waals surface area contributed by atoms with Crippen molar-refractivity contribution < 1.29 is 23.7 Å². The molecule has 202 valence electrons. The third-order valence-electron chi connectivity index (χ3n) is 6.57. The molecular formula is C31H38N2O5. The predicted octanol–water partition coefficient (Wildman–Crippen LogP) is 4.66. The maximum absolute atomic E-state index is 12.3. The summed E-state index contributed by atoms with van der Waals surface area (Å²) in [6, 6.07) is 30.1. The summed E-state index contributed by atoms with van der Waals surface area (Å²) >= 11 is 0. The number of nitrogens with zero attached hydrogens (tertiary/aromatic N) is 1. The highest BCUT2D eigenvalue weighted by atomic mass is 16.6. The maximum Gasteiger partial charge on any atom is 0.316 e. The standard InChI is InChI=1S/C31H38N2O5/c1-33(2)31(34)32-18-27-22-36-28(23-35-19-24-12-6-3-7-13-24)30(38-21-26-16-10-5-11-17-26)29(27)37-20-25-14-8-4-9-15-25/h3-17,27-30H,18-23H2,1-2H3,(H,32,34)/t27-,28-,29-,30+/m1/s1. The molecule has 1 aliphatic rings. The van der Waals surface area contributed by atoms with Gasteiger partial charge in [-0.2, -0.15) is 0 Å². The lowest BCUT2D eigenvalue weighted by Crippen LogP contribution is -2.56. The molecule has 0 aromatic heterocycles. The number of carbonyl (C=O) groups is 1. The van der Waals surface area contributed by atoms with E-state index >= 15 is 0 Å². The molecule has 1 N–H and O–H groups in total. The van der Waals surface area contributed by atoms with Gasteiger partial charge in [0, 0.05) is 26.6 Å². The second-order valence-corrected chi connectivity index (χ2v) is 9.74. The summed E-state index contributed by atoms with van der Waals surface area (Å²) in [6.07, 6.45) is -1.01. The lowest BCUT2D eigenvalue weighted by Gasteiger charge is -2.42. The first-order chi connectivity index (χ1) is 18.6. The van der Waals surface area contributed by atoms with E-state index < -0.39 is 0 Å². The fraction of sp³-hybridized carbons (Fsp3) is 0.387. The van der Waals surface area contributed by atoms with Crippen molar-refractivity contribution in [3.8, 4) is 0 Å². The fourth-order valence-corrected chi connectivity index (χ4v) is 4.44. The highest BCUT2D eigenvalue weighted by Gasteiger charge is 2.42. The molecule has 2 amide bonds. The van der Waals surface area contributed by atoms with E-state index in [9.17, 15) is 4.79 Å². The molecule has 0 saturated carbocycles. The van der Waals surface area contributed by atoms with Gasteiger partial charge >= 0.3 is 6.03 Å². The topological polar surface area (TPSA) is 69.3 Å². The van der Waals surface area contributed by atoms with Gasteiger partial charge in [-0.05, 0) is 16.7 Å². The molecule has 0 unspecified atom stereocenters. The van der Waals surface area contributed by atoms with E-state index in [0.717, 1.165) is 16.7 Å². The average molecular weight is 519 g/mol. The second-order valence-electron chi connectivity index (χ2n) is 9.74. The molecule has 7 heteroatoms. The van der Waals surface area contributed by atoms with E-state index in [2.05, 4.69) is 5.32 Å². The molecule has 4 rings (SSSR count). The van der Waals surface area contributed by atoms with Crippen LogP contribution in [0.15, 0.2) is 91.0 Å². The summed E-state index contributed by atoms with van der Waals surface area (Å²) in [5, 5.41) is 2.99. The number of benzene rings is 3. The molecular weight excluding hydrogens is 480 g/mol. The average Bonchev–Trinajstić information content (AvgIpc) is 2.96. The van der Waals surface area contributed by atoms with Gasteiger partial charge in [0.1, 0.15) is 12.2 Å². The van der Waals surface area contributed by atoms with Crippen LogP contribution in [0.25, 0.3) is 0 Å². The molecule has 3 aromatic rings. The van der Waals surface area contributed by atoms with E-state index in [1.807, 2.05) is 91.0 Å². The van der Waals surface area contributed by atoms with Crippen LogP contribution >= 0.6 is 0 Å². The summed E-state index contributed by atoms with van der Waals surface area (Å²) < 4.78 is 25.5. The Morgan fingerprint density at radius 3 is 1.82 bits per heavy atom. The van der Waals surface area contributed by atoms with Crippen LogP contribution in [0.5, 0.6) is 0 Å². The van der Waals surface area contributed by atoms with Crippen molar-refractivity contribution in [2.24, 2.45) is 5.92 Å². The lowest BCUT2D eigenvalue weighted by atomic mass is 9.91. The molecule has 0 aliphatic carbocycles. The third kappa shape index (κ3) is 8.39. The summed E-state index contributed by atoms with van der Waals surface area (Å²) in [5.74, 6) is -0.0891. The summed E-state index contributed by atoms with van der Waals surface area (Å²) in [5.41, 5.74) is 3.25. The fourth-order valence-electron chi connectivity index (χ4n) is 4.44. The minimum atomic E-state index is -0.385. The van der Waals surface area contributed by atoms with Gasteiger partial charge in [-0.15, -0.1) is 0 Å². The van der Waals surface area contributed by atoms with Gasteiger partial charge in [0.05, 0.1) is 39.1 Å². The second kappa shape index (κ2) is 14.6. The van der Waals surface area contributed by atoms with Crippen LogP contribution in [0.1, 0.15) is 16.7 Å². The van der Waals surface area contributed by atoms with Crippen LogP contribution in [0, 0.1) is 5.92 Å². The molecule has 0 bridgehead atoms. The molecule has 1 fully saturated rings. The summed E-state index contributed by atoms with van der Waals surface area (Å²) in [4.78, 5) is 13.8. The quantitative estimate of drug-likeness (QED) is 0.378. The van der Waals surface area contributed by atoms with Gasteiger partial charge in [-0.25, -0.2) is 4.79 Å². The van der Waals surface area contributed by atoms with E-state index in [1.54, 1.807) is 14.1 Å². The van der Waals surface area contributed by atoms with Crippen molar-refractivity contribution in [2.45, 2.75) is 38.1 Å². The largest absolute Gasteiger partial charge is 0.374 e. The number of hydrogen-bond acceptors (Lipinski definition) is 5. The Labute approximate surface area is 225 Å². The zero-order chi connectivity index (χ0) is 26.6. The zero-order valence-corrected chi connectivity index (χ0v) is 22.2.